The van der Waals surface area contributed by atoms with Crippen LogP contribution in [-0.2, 0) is 0 Å². The van der Waals surface area contributed by atoms with Crippen molar-refractivity contribution in [2.24, 2.45) is 11.7 Å². The number of nitro groups is 1. The molecule has 1 heterocycles. The SMILES string of the molecule is COc1cc([N+](=O)[O-])ccc1-c1nc(C(N)C(C)C)no1. The summed E-state index contributed by atoms with van der Waals surface area (Å²) in [6.45, 7) is 3.90. The van der Waals surface area contributed by atoms with Gasteiger partial charge in [0.05, 0.1) is 29.7 Å². The standard InChI is InChI=1S/C13H16N4O4/c1-7(2)11(14)12-15-13(21-16-12)9-5-4-8(17(18)19)6-10(9)20-3/h4-7,11H,14H2,1-3H3. The van der Waals surface area contributed by atoms with Crippen molar-refractivity contribution in [3.63, 3.8) is 0 Å². The molecule has 21 heavy (non-hydrogen) atoms. The van der Waals surface area contributed by atoms with Crippen molar-refractivity contribution >= 4 is 5.69 Å². The first-order valence-corrected chi connectivity index (χ1v) is 6.36. The number of ether oxygens (including phenoxy) is 1. The molecule has 0 saturated carbocycles. The third-order valence-corrected chi connectivity index (χ3v) is 3.08. The van der Waals surface area contributed by atoms with E-state index in [0.29, 0.717) is 11.4 Å². The first kappa shape index (κ1) is 14.9. The van der Waals surface area contributed by atoms with Crippen LogP contribution < -0.4 is 10.5 Å². The summed E-state index contributed by atoms with van der Waals surface area (Å²) in [5, 5.41) is 14.6. The summed E-state index contributed by atoms with van der Waals surface area (Å²) in [5.74, 6) is 1.06. The van der Waals surface area contributed by atoms with Crippen LogP contribution in [0.2, 0.25) is 0 Å². The van der Waals surface area contributed by atoms with E-state index in [1.54, 1.807) is 0 Å². The number of nitro benzene ring substituents is 1. The third-order valence-electron chi connectivity index (χ3n) is 3.08. The number of benzene rings is 1. The largest absolute Gasteiger partial charge is 0.496 e. The Labute approximate surface area is 121 Å². The van der Waals surface area contributed by atoms with Crippen LogP contribution in [0.1, 0.15) is 25.7 Å². The van der Waals surface area contributed by atoms with Gasteiger partial charge in [0.25, 0.3) is 11.6 Å². The normalized spacial score (nSPS) is 12.4. The molecule has 8 nitrogen and oxygen atoms in total. The molecule has 0 spiro atoms. The zero-order valence-corrected chi connectivity index (χ0v) is 11.9. The van der Waals surface area contributed by atoms with Crippen molar-refractivity contribution in [1.29, 1.82) is 0 Å². The van der Waals surface area contributed by atoms with Crippen LogP contribution in [0.4, 0.5) is 5.69 Å². The zero-order chi connectivity index (χ0) is 15.6. The molecule has 1 unspecified atom stereocenters. The Balaban J connectivity index is 2.40. The molecular formula is C13H16N4O4. The molecule has 0 amide bonds. The molecule has 2 aromatic rings. The fraction of sp³-hybridized carbons (Fsp3) is 0.385. The lowest BCUT2D eigenvalue weighted by Crippen LogP contribution is -2.18. The van der Waals surface area contributed by atoms with E-state index in [2.05, 4.69) is 10.1 Å². The van der Waals surface area contributed by atoms with Crippen LogP contribution >= 0.6 is 0 Å². The van der Waals surface area contributed by atoms with Gasteiger partial charge in [0.2, 0.25) is 0 Å². The smallest absolute Gasteiger partial charge is 0.273 e. The molecule has 112 valence electrons. The van der Waals surface area contributed by atoms with Gasteiger partial charge in [-0.3, -0.25) is 10.1 Å². The number of nitrogens with two attached hydrogens (primary N) is 1. The maximum absolute atomic E-state index is 10.8. The Morgan fingerprint density at radius 1 is 1.43 bits per heavy atom. The van der Waals surface area contributed by atoms with Crippen molar-refractivity contribution in [1.82, 2.24) is 10.1 Å². The molecule has 0 bridgehead atoms. The van der Waals surface area contributed by atoms with Crippen LogP contribution in [0.25, 0.3) is 11.5 Å². The highest BCUT2D eigenvalue weighted by atomic mass is 16.6. The molecule has 1 aromatic carbocycles. The molecule has 1 aromatic heterocycles. The molecule has 0 radical (unpaired) electrons. The Morgan fingerprint density at radius 2 is 2.14 bits per heavy atom. The highest BCUT2D eigenvalue weighted by molar-refractivity contribution is 5.65. The predicted octanol–water partition coefficient (Wildman–Crippen LogP) is 2.31. The van der Waals surface area contributed by atoms with Crippen LogP contribution in [0.15, 0.2) is 22.7 Å². The molecule has 2 rings (SSSR count). The molecule has 2 N–H and O–H groups in total. The molecule has 0 saturated heterocycles. The van der Waals surface area contributed by atoms with Crippen molar-refractivity contribution in [3.05, 3.63) is 34.1 Å². The number of methoxy groups -OCH3 is 1. The lowest BCUT2D eigenvalue weighted by atomic mass is 10.1. The average molecular weight is 292 g/mol. The summed E-state index contributed by atoms with van der Waals surface area (Å²) in [6, 6.07) is 3.83. The second-order valence-electron chi connectivity index (χ2n) is 4.87. The zero-order valence-electron chi connectivity index (χ0n) is 11.9. The number of hydrogen-bond donors (Lipinski definition) is 1. The van der Waals surface area contributed by atoms with Gasteiger partial charge in [0.15, 0.2) is 5.82 Å². The highest BCUT2D eigenvalue weighted by Crippen LogP contribution is 2.32. The Kier molecular flexibility index (Phi) is 4.18. The Bertz CT molecular complexity index is 653. The van der Waals surface area contributed by atoms with Crippen molar-refractivity contribution < 1.29 is 14.2 Å². The Hall–Kier alpha value is -2.48. The van der Waals surface area contributed by atoms with Gasteiger partial charge in [-0.2, -0.15) is 4.98 Å². The fourth-order valence-electron chi connectivity index (χ4n) is 1.75. The Morgan fingerprint density at radius 3 is 2.71 bits per heavy atom. The van der Waals surface area contributed by atoms with Crippen LogP contribution in [0.3, 0.4) is 0 Å². The summed E-state index contributed by atoms with van der Waals surface area (Å²) in [5.41, 5.74) is 6.37. The van der Waals surface area contributed by atoms with Crippen LogP contribution in [0.5, 0.6) is 5.75 Å². The van der Waals surface area contributed by atoms with Gasteiger partial charge in [-0.25, -0.2) is 0 Å². The monoisotopic (exact) mass is 292 g/mol. The molecule has 0 aliphatic heterocycles. The van der Waals surface area contributed by atoms with Gasteiger partial charge in [-0.15, -0.1) is 0 Å². The van der Waals surface area contributed by atoms with Crippen LogP contribution in [-0.4, -0.2) is 22.2 Å². The second kappa shape index (κ2) is 5.88. The molecule has 8 heteroatoms. The maximum atomic E-state index is 10.8. The number of non-ortho nitro benzene ring substituents is 1. The second-order valence-corrected chi connectivity index (χ2v) is 4.87. The van der Waals surface area contributed by atoms with E-state index in [1.165, 1.54) is 25.3 Å². The van der Waals surface area contributed by atoms with Gasteiger partial charge in [0, 0.05) is 6.07 Å². The van der Waals surface area contributed by atoms with E-state index < -0.39 is 4.92 Å². The van der Waals surface area contributed by atoms with E-state index in [-0.39, 0.29) is 29.3 Å². The molecule has 0 fully saturated rings. The topological polar surface area (TPSA) is 117 Å². The molecule has 1 atom stereocenters. The number of hydrogen-bond acceptors (Lipinski definition) is 7. The van der Waals surface area contributed by atoms with Gasteiger partial charge in [-0.1, -0.05) is 19.0 Å². The molecule has 0 aliphatic carbocycles. The highest BCUT2D eigenvalue weighted by Gasteiger charge is 2.21. The van der Waals surface area contributed by atoms with Crippen molar-refractivity contribution in [3.8, 4) is 17.2 Å². The predicted molar refractivity (Wildman–Crippen MR) is 74.7 cm³/mol. The first-order valence-electron chi connectivity index (χ1n) is 6.36. The summed E-state index contributed by atoms with van der Waals surface area (Å²) in [4.78, 5) is 14.5. The van der Waals surface area contributed by atoms with Gasteiger partial charge >= 0.3 is 0 Å². The van der Waals surface area contributed by atoms with Gasteiger partial charge < -0.3 is 15.0 Å². The van der Waals surface area contributed by atoms with E-state index in [1.807, 2.05) is 13.8 Å². The summed E-state index contributed by atoms with van der Waals surface area (Å²) >= 11 is 0. The van der Waals surface area contributed by atoms with E-state index in [0.717, 1.165) is 0 Å². The first-order chi connectivity index (χ1) is 9.93. The maximum Gasteiger partial charge on any atom is 0.273 e. The lowest BCUT2D eigenvalue weighted by Gasteiger charge is -2.09. The average Bonchev–Trinajstić information content (AvgIpc) is 2.94. The van der Waals surface area contributed by atoms with Crippen molar-refractivity contribution in [2.75, 3.05) is 7.11 Å². The number of rotatable bonds is 5. The minimum Gasteiger partial charge on any atom is -0.496 e. The number of aromatic nitrogens is 2. The van der Waals surface area contributed by atoms with E-state index in [9.17, 15) is 10.1 Å². The minimum absolute atomic E-state index is 0.0748. The minimum atomic E-state index is -0.500. The number of nitrogens with zero attached hydrogens (tertiary/aromatic N) is 3. The molecule has 0 aliphatic rings. The summed E-state index contributed by atoms with van der Waals surface area (Å²) < 4.78 is 10.3. The molecular weight excluding hydrogens is 276 g/mol. The van der Waals surface area contributed by atoms with E-state index >= 15 is 0 Å². The van der Waals surface area contributed by atoms with Gasteiger partial charge in [0.1, 0.15) is 5.75 Å². The van der Waals surface area contributed by atoms with Gasteiger partial charge in [-0.05, 0) is 12.0 Å². The van der Waals surface area contributed by atoms with Crippen molar-refractivity contribution in [2.45, 2.75) is 19.9 Å². The van der Waals surface area contributed by atoms with Crippen LogP contribution in [0, 0.1) is 16.0 Å². The third kappa shape index (κ3) is 3.00. The quantitative estimate of drug-likeness (QED) is 0.663. The summed E-state index contributed by atoms with van der Waals surface area (Å²) in [6.07, 6.45) is 0. The van der Waals surface area contributed by atoms with E-state index in [4.69, 9.17) is 15.0 Å². The summed E-state index contributed by atoms with van der Waals surface area (Å²) in [7, 11) is 1.42. The fourth-order valence-corrected chi connectivity index (χ4v) is 1.75. The lowest BCUT2D eigenvalue weighted by molar-refractivity contribution is -0.384.